The molecule has 33 heavy (non-hydrogen) atoms. The average Bonchev–Trinajstić information content (AvgIpc) is 2.86. The first-order chi connectivity index (χ1) is 15.7. The molecule has 4 rings (SSSR count). The summed E-state index contributed by atoms with van der Waals surface area (Å²) >= 11 is 6.10. The van der Waals surface area contributed by atoms with Crippen LogP contribution in [0.5, 0.6) is 0 Å². The van der Waals surface area contributed by atoms with Gasteiger partial charge in [0.15, 0.2) is 0 Å². The fraction of sp³-hybridized carbons (Fsp3) is 0.348. The summed E-state index contributed by atoms with van der Waals surface area (Å²) in [5.74, 6) is -1.32. The molecule has 2 N–H and O–H groups in total. The van der Waals surface area contributed by atoms with Crippen molar-refractivity contribution in [2.24, 2.45) is 11.7 Å². The molecular formula is C23H25ClN4O4S. The maximum Gasteiger partial charge on any atom is 0.248 e. The number of aromatic nitrogens is 1. The molecule has 174 valence electrons. The summed E-state index contributed by atoms with van der Waals surface area (Å²) in [6, 6.07) is 7.98. The van der Waals surface area contributed by atoms with Gasteiger partial charge in [0.2, 0.25) is 21.8 Å². The van der Waals surface area contributed by atoms with Crippen molar-refractivity contribution in [2.75, 3.05) is 6.54 Å². The van der Waals surface area contributed by atoms with Crippen LogP contribution < -0.4 is 5.73 Å². The first-order valence-electron chi connectivity index (χ1n) is 10.7. The fourth-order valence-electron chi connectivity index (χ4n) is 4.70. The molecule has 0 aliphatic carbocycles. The maximum absolute atomic E-state index is 13.9. The van der Waals surface area contributed by atoms with Crippen molar-refractivity contribution >= 4 is 33.4 Å². The van der Waals surface area contributed by atoms with E-state index in [1.54, 1.807) is 23.2 Å². The Morgan fingerprint density at radius 2 is 2.06 bits per heavy atom. The lowest BCUT2D eigenvalue weighted by Gasteiger charge is -2.40. The number of carbonyl (C=O) groups is 2. The minimum absolute atomic E-state index is 0.00979. The van der Waals surface area contributed by atoms with Gasteiger partial charge in [-0.15, -0.1) is 6.58 Å². The van der Waals surface area contributed by atoms with E-state index in [4.69, 9.17) is 17.3 Å². The molecule has 2 fully saturated rings. The Balaban J connectivity index is 1.77. The summed E-state index contributed by atoms with van der Waals surface area (Å²) in [5, 5.41) is 0.0771. The molecule has 2 bridgehead atoms. The first kappa shape index (κ1) is 23.4. The van der Waals surface area contributed by atoms with Gasteiger partial charge < -0.3 is 10.6 Å². The molecular weight excluding hydrogens is 464 g/mol. The number of halogens is 1. The van der Waals surface area contributed by atoms with E-state index in [0.717, 1.165) is 12.1 Å². The molecule has 0 saturated carbocycles. The molecule has 2 saturated heterocycles. The highest BCUT2D eigenvalue weighted by atomic mass is 35.5. The number of pyridine rings is 1. The molecule has 3 heterocycles. The minimum atomic E-state index is -4.17. The van der Waals surface area contributed by atoms with E-state index < -0.39 is 28.0 Å². The van der Waals surface area contributed by atoms with E-state index in [1.165, 1.54) is 22.5 Å². The van der Waals surface area contributed by atoms with Crippen LogP contribution in [0, 0.1) is 5.92 Å². The third-order valence-corrected chi connectivity index (χ3v) is 8.38. The molecule has 3 atom stereocenters. The highest BCUT2D eigenvalue weighted by Gasteiger charge is 2.49. The Hall–Kier alpha value is -2.75. The molecule has 1 aromatic carbocycles. The Morgan fingerprint density at radius 3 is 2.73 bits per heavy atom. The number of nitrogens with zero attached hydrogens (tertiary/aromatic N) is 3. The number of fused-ring (bicyclic) bond motifs is 2. The summed E-state index contributed by atoms with van der Waals surface area (Å²) in [4.78, 5) is 31.1. The van der Waals surface area contributed by atoms with E-state index in [1.807, 2.05) is 12.1 Å². The summed E-state index contributed by atoms with van der Waals surface area (Å²) in [5.41, 5.74) is 6.07. The highest BCUT2D eigenvalue weighted by Crippen LogP contribution is 2.38. The Labute approximate surface area is 198 Å². The SMILES string of the molecule is C=C[C@H]1CN(Cc2ccccn2)C(=O)C2CCC[C@@H]1N2S(=O)(=O)c1cc(Cl)cc(C(N)=O)c1. The third kappa shape index (κ3) is 4.53. The standard InChI is InChI=1S/C23H25ClN4O4S/c1-2-15-13-27(14-18-6-3-4-9-26-18)23(30)21-8-5-7-20(15)28(21)33(31,32)19-11-16(22(25)29)10-17(24)12-19/h2-4,6,9-12,15,20-21H,1,5,7-8,13-14H2,(H2,25,29)/t15-,20-,21?/m0/s1. The minimum Gasteiger partial charge on any atom is -0.366 e. The summed E-state index contributed by atoms with van der Waals surface area (Å²) in [6.45, 7) is 4.55. The summed E-state index contributed by atoms with van der Waals surface area (Å²) in [7, 11) is -4.17. The van der Waals surface area contributed by atoms with E-state index >= 15 is 0 Å². The number of amides is 2. The van der Waals surface area contributed by atoms with E-state index in [0.29, 0.717) is 19.4 Å². The Morgan fingerprint density at radius 1 is 1.27 bits per heavy atom. The number of hydrogen-bond acceptors (Lipinski definition) is 5. The molecule has 2 aliphatic rings. The monoisotopic (exact) mass is 488 g/mol. The quantitative estimate of drug-likeness (QED) is 0.628. The smallest absolute Gasteiger partial charge is 0.248 e. The molecule has 0 spiro atoms. The molecule has 1 unspecified atom stereocenters. The van der Waals surface area contributed by atoms with Crippen molar-refractivity contribution in [3.8, 4) is 0 Å². The second-order valence-electron chi connectivity index (χ2n) is 8.33. The molecule has 0 radical (unpaired) electrons. The summed E-state index contributed by atoms with van der Waals surface area (Å²) in [6.07, 6.45) is 5.09. The van der Waals surface area contributed by atoms with Crippen LogP contribution in [0.1, 0.15) is 35.3 Å². The second kappa shape index (κ2) is 9.24. The van der Waals surface area contributed by atoms with Crippen molar-refractivity contribution in [1.29, 1.82) is 0 Å². The van der Waals surface area contributed by atoms with Gasteiger partial charge in [-0.05, 0) is 49.6 Å². The van der Waals surface area contributed by atoms with Crippen LogP contribution >= 0.6 is 11.6 Å². The van der Waals surface area contributed by atoms with E-state index in [2.05, 4.69) is 11.6 Å². The number of carbonyl (C=O) groups excluding carboxylic acids is 2. The number of sulfonamides is 1. The van der Waals surface area contributed by atoms with Crippen molar-refractivity contribution in [3.05, 3.63) is 71.5 Å². The lowest BCUT2D eigenvalue weighted by atomic mass is 9.90. The molecule has 2 aliphatic heterocycles. The number of benzene rings is 1. The largest absolute Gasteiger partial charge is 0.366 e. The van der Waals surface area contributed by atoms with Gasteiger partial charge in [-0.2, -0.15) is 4.31 Å². The van der Waals surface area contributed by atoms with Gasteiger partial charge in [0, 0.05) is 35.3 Å². The highest BCUT2D eigenvalue weighted by molar-refractivity contribution is 7.89. The Bertz CT molecular complexity index is 1190. The van der Waals surface area contributed by atoms with E-state index in [-0.39, 0.29) is 33.9 Å². The lowest BCUT2D eigenvalue weighted by molar-refractivity contribution is -0.135. The number of nitrogens with two attached hydrogens (primary N) is 1. The number of primary amides is 1. The zero-order valence-electron chi connectivity index (χ0n) is 17.9. The van der Waals surface area contributed by atoms with Gasteiger partial charge in [0.25, 0.3) is 0 Å². The predicted octanol–water partition coefficient (Wildman–Crippen LogP) is 2.59. The first-order valence-corrected chi connectivity index (χ1v) is 12.5. The van der Waals surface area contributed by atoms with Crippen molar-refractivity contribution in [2.45, 2.75) is 42.8 Å². The van der Waals surface area contributed by atoms with Crippen LogP contribution in [-0.4, -0.2) is 53.0 Å². The van der Waals surface area contributed by atoms with Gasteiger partial charge in [-0.3, -0.25) is 14.6 Å². The zero-order chi connectivity index (χ0) is 23.8. The zero-order valence-corrected chi connectivity index (χ0v) is 19.5. The van der Waals surface area contributed by atoms with Crippen LogP contribution in [0.25, 0.3) is 0 Å². The van der Waals surface area contributed by atoms with Crippen LogP contribution in [0.4, 0.5) is 0 Å². The van der Waals surface area contributed by atoms with Crippen molar-refractivity contribution in [1.82, 2.24) is 14.2 Å². The predicted molar refractivity (Wildman–Crippen MR) is 124 cm³/mol. The van der Waals surface area contributed by atoms with Crippen molar-refractivity contribution < 1.29 is 18.0 Å². The van der Waals surface area contributed by atoms with Gasteiger partial charge in [-0.25, -0.2) is 8.42 Å². The van der Waals surface area contributed by atoms with Crippen LogP contribution in [0.15, 0.2) is 60.1 Å². The Kier molecular flexibility index (Phi) is 6.56. The van der Waals surface area contributed by atoms with Gasteiger partial charge >= 0.3 is 0 Å². The number of rotatable bonds is 6. The van der Waals surface area contributed by atoms with Crippen LogP contribution in [0.3, 0.4) is 0 Å². The molecule has 2 amide bonds. The van der Waals surface area contributed by atoms with E-state index in [9.17, 15) is 18.0 Å². The van der Waals surface area contributed by atoms with Crippen LogP contribution in [0.2, 0.25) is 5.02 Å². The number of piperidine rings is 1. The van der Waals surface area contributed by atoms with Gasteiger partial charge in [0.05, 0.1) is 17.1 Å². The molecule has 8 nitrogen and oxygen atoms in total. The topological polar surface area (TPSA) is 114 Å². The second-order valence-corrected chi connectivity index (χ2v) is 10.6. The van der Waals surface area contributed by atoms with Crippen LogP contribution in [-0.2, 0) is 21.4 Å². The number of hydrogen-bond donors (Lipinski definition) is 1. The maximum atomic E-state index is 13.9. The third-order valence-electron chi connectivity index (χ3n) is 6.25. The normalized spacial score (nSPS) is 23.7. The molecule has 2 aromatic rings. The van der Waals surface area contributed by atoms with Gasteiger partial charge in [0.1, 0.15) is 6.04 Å². The molecule has 1 aromatic heterocycles. The summed E-state index contributed by atoms with van der Waals surface area (Å²) < 4.78 is 29.0. The molecule has 10 heteroatoms. The lowest BCUT2D eigenvalue weighted by Crippen LogP contribution is -2.54. The average molecular weight is 489 g/mol. The van der Waals surface area contributed by atoms with Gasteiger partial charge in [-0.1, -0.05) is 23.7 Å². The fourth-order valence-corrected chi connectivity index (χ4v) is 6.94. The van der Waals surface area contributed by atoms with Crippen molar-refractivity contribution in [3.63, 3.8) is 0 Å².